The third-order valence-electron chi connectivity index (χ3n) is 4.48. The van der Waals surface area contributed by atoms with Crippen molar-refractivity contribution in [3.8, 4) is 0 Å². The van der Waals surface area contributed by atoms with Crippen LogP contribution in [0.4, 0.5) is 0 Å². The molecular weight excluding hydrogens is 427 g/mol. The van der Waals surface area contributed by atoms with E-state index >= 15 is 0 Å². The molecule has 0 aromatic carbocycles. The molecule has 2 rings (SSSR count). The van der Waals surface area contributed by atoms with Crippen LogP contribution >= 0.6 is 24.0 Å². The van der Waals surface area contributed by atoms with Crippen molar-refractivity contribution in [2.24, 2.45) is 4.99 Å². The second-order valence-corrected chi connectivity index (χ2v) is 6.67. The molecule has 0 radical (unpaired) electrons. The van der Waals surface area contributed by atoms with E-state index in [1.165, 1.54) is 57.3 Å². The number of aromatic nitrogens is 2. The highest BCUT2D eigenvalue weighted by atomic mass is 127. The van der Waals surface area contributed by atoms with Crippen LogP contribution in [0.3, 0.4) is 0 Å². The van der Waals surface area contributed by atoms with E-state index in [4.69, 9.17) is 0 Å². The van der Waals surface area contributed by atoms with Crippen LogP contribution in [-0.4, -0.2) is 60.4 Å². The molecule has 1 saturated heterocycles. The van der Waals surface area contributed by atoms with Crippen LogP contribution in [0.1, 0.15) is 44.1 Å². The van der Waals surface area contributed by atoms with Crippen LogP contribution in [-0.2, 0) is 6.54 Å². The summed E-state index contributed by atoms with van der Waals surface area (Å²) in [6.45, 7) is 8.65. The van der Waals surface area contributed by atoms with Crippen molar-refractivity contribution in [1.82, 2.24) is 25.3 Å². The van der Waals surface area contributed by atoms with Gasteiger partial charge in [-0.1, -0.05) is 12.8 Å². The number of nitrogens with one attached hydrogen (secondary N) is 2. The van der Waals surface area contributed by atoms with Gasteiger partial charge in [-0.3, -0.25) is 9.67 Å². The fourth-order valence-corrected chi connectivity index (χ4v) is 3.13. The fourth-order valence-electron chi connectivity index (χ4n) is 3.13. The predicted molar refractivity (Wildman–Crippen MR) is 116 cm³/mol. The maximum absolute atomic E-state index is 4.30. The van der Waals surface area contributed by atoms with Crippen molar-refractivity contribution in [3.05, 3.63) is 18.0 Å². The first-order chi connectivity index (χ1) is 11.8. The Labute approximate surface area is 169 Å². The molecule has 144 valence electrons. The van der Waals surface area contributed by atoms with Crippen molar-refractivity contribution < 1.29 is 0 Å². The summed E-state index contributed by atoms with van der Waals surface area (Å²) in [5.41, 5.74) is 1.21. The maximum Gasteiger partial charge on any atom is 0.190 e. The molecule has 6 nitrogen and oxygen atoms in total. The van der Waals surface area contributed by atoms with Crippen molar-refractivity contribution in [3.63, 3.8) is 0 Å². The van der Waals surface area contributed by atoms with E-state index in [1.807, 2.05) is 17.9 Å². The Morgan fingerprint density at radius 2 is 1.72 bits per heavy atom. The molecule has 0 atom stereocenters. The van der Waals surface area contributed by atoms with Gasteiger partial charge in [0.05, 0.1) is 6.20 Å². The molecule has 0 aliphatic carbocycles. The topological polar surface area (TPSA) is 57.5 Å². The van der Waals surface area contributed by atoms with E-state index in [-0.39, 0.29) is 24.0 Å². The van der Waals surface area contributed by atoms with Crippen molar-refractivity contribution in [2.45, 2.75) is 52.0 Å². The Hall–Kier alpha value is -0.830. The van der Waals surface area contributed by atoms with Crippen molar-refractivity contribution in [1.29, 1.82) is 0 Å². The molecule has 0 spiro atoms. The summed E-state index contributed by atoms with van der Waals surface area (Å²) in [7, 11) is 1.83. The van der Waals surface area contributed by atoms with Gasteiger partial charge in [-0.25, -0.2) is 0 Å². The molecule has 1 aliphatic heterocycles. The Morgan fingerprint density at radius 3 is 2.28 bits per heavy atom. The second-order valence-electron chi connectivity index (χ2n) is 6.67. The summed E-state index contributed by atoms with van der Waals surface area (Å²) < 4.78 is 1.99. The fraction of sp³-hybridized carbons (Fsp3) is 0.778. The number of halogens is 1. The molecule has 7 heteroatoms. The largest absolute Gasteiger partial charge is 0.356 e. The van der Waals surface area contributed by atoms with Gasteiger partial charge in [0, 0.05) is 32.9 Å². The molecule has 1 fully saturated rings. The zero-order chi connectivity index (χ0) is 17.0. The number of aryl methyl sites for hydroxylation is 2. The molecule has 0 saturated carbocycles. The molecule has 25 heavy (non-hydrogen) atoms. The van der Waals surface area contributed by atoms with Crippen LogP contribution in [0, 0.1) is 6.92 Å². The molecule has 0 bridgehead atoms. The minimum absolute atomic E-state index is 0. The van der Waals surface area contributed by atoms with Gasteiger partial charge in [0.15, 0.2) is 5.96 Å². The predicted octanol–water partition coefficient (Wildman–Crippen LogP) is 2.63. The van der Waals surface area contributed by atoms with E-state index in [0.717, 1.165) is 32.0 Å². The van der Waals surface area contributed by atoms with Crippen molar-refractivity contribution in [2.75, 3.05) is 39.8 Å². The molecule has 1 aromatic heterocycles. The van der Waals surface area contributed by atoms with Gasteiger partial charge in [-0.05, 0) is 57.8 Å². The smallest absolute Gasteiger partial charge is 0.190 e. The van der Waals surface area contributed by atoms with Crippen LogP contribution in [0.15, 0.2) is 17.4 Å². The third-order valence-corrected chi connectivity index (χ3v) is 4.48. The van der Waals surface area contributed by atoms with Gasteiger partial charge < -0.3 is 15.5 Å². The molecule has 2 heterocycles. The molecule has 0 amide bonds. The Balaban J connectivity index is 0.00000312. The Bertz CT molecular complexity index is 480. The highest BCUT2D eigenvalue weighted by Gasteiger charge is 2.08. The molecular formula is C18H35IN6. The van der Waals surface area contributed by atoms with E-state index in [9.17, 15) is 0 Å². The summed E-state index contributed by atoms with van der Waals surface area (Å²) >= 11 is 0. The number of likely N-dealkylation sites (tertiary alicyclic amines) is 1. The van der Waals surface area contributed by atoms with Gasteiger partial charge in [-0.15, -0.1) is 24.0 Å². The summed E-state index contributed by atoms with van der Waals surface area (Å²) in [4.78, 5) is 6.90. The number of guanidine groups is 1. The molecule has 1 aromatic rings. The summed E-state index contributed by atoms with van der Waals surface area (Å²) in [5, 5.41) is 11.1. The lowest BCUT2D eigenvalue weighted by Gasteiger charge is -2.20. The van der Waals surface area contributed by atoms with E-state index in [0.29, 0.717) is 0 Å². The number of rotatable bonds is 8. The number of aliphatic imine (C=N–C) groups is 1. The first-order valence-electron chi connectivity index (χ1n) is 9.44. The summed E-state index contributed by atoms with van der Waals surface area (Å²) in [6.07, 6.45) is 11.7. The van der Waals surface area contributed by atoms with Crippen molar-refractivity contribution >= 4 is 29.9 Å². The average Bonchev–Trinajstić information content (AvgIpc) is 2.84. The minimum atomic E-state index is 0. The van der Waals surface area contributed by atoms with Crippen LogP contribution < -0.4 is 10.6 Å². The first-order valence-corrected chi connectivity index (χ1v) is 9.44. The normalized spacial score (nSPS) is 16.2. The SMILES string of the molecule is CN=C(NCCCN1CCCCCC1)NCCCn1cc(C)cn1.I. The van der Waals surface area contributed by atoms with Crippen LogP contribution in [0.5, 0.6) is 0 Å². The average molecular weight is 462 g/mol. The van der Waals surface area contributed by atoms with E-state index < -0.39 is 0 Å². The minimum Gasteiger partial charge on any atom is -0.356 e. The number of hydrogen-bond acceptors (Lipinski definition) is 3. The monoisotopic (exact) mass is 462 g/mol. The number of hydrogen-bond donors (Lipinski definition) is 2. The molecule has 1 aliphatic rings. The highest BCUT2D eigenvalue weighted by Crippen LogP contribution is 2.09. The lowest BCUT2D eigenvalue weighted by molar-refractivity contribution is 0.282. The summed E-state index contributed by atoms with van der Waals surface area (Å²) in [6, 6.07) is 0. The van der Waals surface area contributed by atoms with E-state index in [2.05, 4.69) is 38.7 Å². The highest BCUT2D eigenvalue weighted by molar-refractivity contribution is 14.0. The Morgan fingerprint density at radius 1 is 1.08 bits per heavy atom. The van der Waals surface area contributed by atoms with Gasteiger partial charge in [0.2, 0.25) is 0 Å². The van der Waals surface area contributed by atoms with Gasteiger partial charge in [-0.2, -0.15) is 5.10 Å². The van der Waals surface area contributed by atoms with E-state index in [1.54, 1.807) is 0 Å². The quantitative estimate of drug-likeness (QED) is 0.270. The molecule has 0 unspecified atom stereocenters. The summed E-state index contributed by atoms with van der Waals surface area (Å²) in [5.74, 6) is 0.905. The second kappa shape index (κ2) is 13.4. The number of nitrogens with zero attached hydrogens (tertiary/aromatic N) is 4. The van der Waals surface area contributed by atoms with Gasteiger partial charge in [0.1, 0.15) is 0 Å². The standard InChI is InChI=1S/C18H34N6.HI/c1-17-15-22-24(16-17)14-8-10-21-18(19-2)20-9-7-13-23-11-5-3-4-6-12-23;/h15-16H,3-14H2,1-2H3,(H2,19,20,21);1H. The zero-order valence-corrected chi connectivity index (χ0v) is 18.2. The molecule has 2 N–H and O–H groups in total. The lowest BCUT2D eigenvalue weighted by atomic mass is 10.2. The van der Waals surface area contributed by atoms with Gasteiger partial charge >= 0.3 is 0 Å². The zero-order valence-electron chi connectivity index (χ0n) is 15.8. The van der Waals surface area contributed by atoms with Crippen LogP contribution in [0.2, 0.25) is 0 Å². The van der Waals surface area contributed by atoms with Crippen LogP contribution in [0.25, 0.3) is 0 Å². The first kappa shape index (κ1) is 22.2. The maximum atomic E-state index is 4.30. The lowest BCUT2D eigenvalue weighted by Crippen LogP contribution is -2.39. The Kier molecular flexibility index (Phi) is 11.9. The third kappa shape index (κ3) is 9.44. The van der Waals surface area contributed by atoms with Gasteiger partial charge in [0.25, 0.3) is 0 Å².